The lowest BCUT2D eigenvalue weighted by Gasteiger charge is -2.35. The molecule has 0 aromatic carbocycles. The van der Waals surface area contributed by atoms with Crippen molar-refractivity contribution in [2.75, 3.05) is 31.1 Å². The fourth-order valence-electron chi connectivity index (χ4n) is 2.60. The Balaban J connectivity index is 1.67. The molecule has 1 aliphatic rings. The molecule has 0 saturated carbocycles. The average Bonchev–Trinajstić information content (AvgIpc) is 2.62. The van der Waals surface area contributed by atoms with Gasteiger partial charge in [-0.15, -0.1) is 0 Å². The fraction of sp³-hybridized carbons (Fsp3) is 0.400. The fourth-order valence-corrected chi connectivity index (χ4v) is 2.60. The van der Waals surface area contributed by atoms with Gasteiger partial charge < -0.3 is 9.80 Å². The number of aryl methyl sites for hydroxylation is 1. The molecule has 1 fully saturated rings. The smallest absolute Gasteiger partial charge is 0.280 e. The van der Waals surface area contributed by atoms with Crippen molar-refractivity contribution in [3.8, 4) is 0 Å². The number of rotatable bonds is 3. The Morgan fingerprint density at radius 1 is 1.08 bits per heavy atom. The number of piperazine rings is 1. The van der Waals surface area contributed by atoms with Crippen LogP contribution in [0.5, 0.6) is 0 Å². The molecule has 0 unspecified atom stereocenters. The van der Waals surface area contributed by atoms with Crippen LogP contribution in [0.4, 0.5) is 14.6 Å². The van der Waals surface area contributed by atoms with Crippen molar-refractivity contribution in [3.63, 3.8) is 0 Å². The van der Waals surface area contributed by atoms with Crippen molar-refractivity contribution < 1.29 is 13.6 Å². The molecule has 0 N–H and O–H groups in total. The van der Waals surface area contributed by atoms with Crippen molar-refractivity contribution in [2.45, 2.75) is 13.3 Å². The quantitative estimate of drug-likeness (QED) is 0.846. The monoisotopic (exact) mass is 334 g/mol. The molecule has 1 amide bonds. The summed E-state index contributed by atoms with van der Waals surface area (Å²) in [5.41, 5.74) is 0.376. The maximum atomic E-state index is 12.7. The summed E-state index contributed by atoms with van der Waals surface area (Å²) in [5, 5.41) is 0. The predicted molar refractivity (Wildman–Crippen MR) is 81.9 cm³/mol. The third-order valence-corrected chi connectivity index (χ3v) is 3.85. The number of hydrogen-bond acceptors (Lipinski definition) is 6. The first kappa shape index (κ1) is 16.2. The number of aromatic nitrogens is 4. The largest absolute Gasteiger partial charge is 0.352 e. The maximum Gasteiger partial charge on any atom is 0.280 e. The van der Waals surface area contributed by atoms with E-state index in [9.17, 15) is 13.6 Å². The summed E-state index contributed by atoms with van der Waals surface area (Å²) < 4.78 is 25.4. The van der Waals surface area contributed by atoms with Crippen LogP contribution < -0.4 is 4.90 Å². The van der Waals surface area contributed by atoms with Crippen LogP contribution in [0.1, 0.15) is 28.3 Å². The Labute approximate surface area is 137 Å². The number of amides is 1. The van der Waals surface area contributed by atoms with E-state index >= 15 is 0 Å². The van der Waals surface area contributed by atoms with Crippen molar-refractivity contribution in [1.82, 2.24) is 24.8 Å². The van der Waals surface area contributed by atoms with Gasteiger partial charge >= 0.3 is 0 Å². The summed E-state index contributed by atoms with van der Waals surface area (Å²) in [6, 6.07) is 1.05. The van der Waals surface area contributed by atoms with Gasteiger partial charge in [-0.25, -0.2) is 23.7 Å². The van der Waals surface area contributed by atoms with Gasteiger partial charge in [0.05, 0.1) is 5.69 Å². The van der Waals surface area contributed by atoms with Gasteiger partial charge in [0.25, 0.3) is 12.3 Å². The predicted octanol–water partition coefficient (Wildman–Crippen LogP) is 1.48. The van der Waals surface area contributed by atoms with Crippen LogP contribution in [0, 0.1) is 6.92 Å². The second kappa shape index (κ2) is 6.81. The van der Waals surface area contributed by atoms with Crippen LogP contribution in [0.3, 0.4) is 0 Å². The molecule has 0 radical (unpaired) electrons. The van der Waals surface area contributed by atoms with Gasteiger partial charge in [0.1, 0.15) is 23.5 Å². The van der Waals surface area contributed by atoms with Gasteiger partial charge in [0.15, 0.2) is 0 Å². The zero-order valence-corrected chi connectivity index (χ0v) is 13.1. The lowest BCUT2D eigenvalue weighted by molar-refractivity contribution is 0.0739. The van der Waals surface area contributed by atoms with Crippen LogP contribution in [0.15, 0.2) is 24.8 Å². The first-order valence-corrected chi connectivity index (χ1v) is 7.48. The minimum atomic E-state index is -2.73. The van der Waals surface area contributed by atoms with E-state index < -0.39 is 12.1 Å². The summed E-state index contributed by atoms with van der Waals surface area (Å²) in [6.07, 6.45) is 1.53. The van der Waals surface area contributed by atoms with Crippen LogP contribution in [-0.4, -0.2) is 56.9 Å². The first-order chi connectivity index (χ1) is 11.6. The molecule has 3 rings (SSSR count). The standard InChI is InChI=1S/C15H16F2N6O/c1-10-14(19-3-2-18-10)22-4-6-23(7-5-22)15(24)12-8-11(13(16)17)20-9-21-12/h2-3,8-9,13H,4-7H2,1H3. The summed E-state index contributed by atoms with van der Waals surface area (Å²) >= 11 is 0. The number of hydrogen-bond donors (Lipinski definition) is 0. The minimum absolute atomic E-state index is 0.00978. The lowest BCUT2D eigenvalue weighted by Crippen LogP contribution is -2.49. The van der Waals surface area contributed by atoms with Crippen molar-refractivity contribution in [2.24, 2.45) is 0 Å². The number of halogens is 2. The highest BCUT2D eigenvalue weighted by Gasteiger charge is 2.25. The molecule has 126 valence electrons. The maximum absolute atomic E-state index is 12.7. The van der Waals surface area contributed by atoms with E-state index in [2.05, 4.69) is 24.8 Å². The molecule has 1 aliphatic heterocycles. The Hall–Kier alpha value is -2.71. The third-order valence-electron chi connectivity index (χ3n) is 3.85. The van der Waals surface area contributed by atoms with E-state index in [-0.39, 0.29) is 11.6 Å². The third kappa shape index (κ3) is 3.29. The zero-order valence-electron chi connectivity index (χ0n) is 13.1. The number of alkyl halides is 2. The van der Waals surface area contributed by atoms with E-state index in [1.54, 1.807) is 17.3 Å². The Morgan fingerprint density at radius 2 is 1.79 bits per heavy atom. The van der Waals surface area contributed by atoms with Crippen LogP contribution in [0.2, 0.25) is 0 Å². The molecule has 0 bridgehead atoms. The molecule has 7 nitrogen and oxygen atoms in total. The summed E-state index contributed by atoms with van der Waals surface area (Å²) in [5.74, 6) is 0.432. The van der Waals surface area contributed by atoms with Gasteiger partial charge in [0.2, 0.25) is 0 Å². The molecule has 24 heavy (non-hydrogen) atoms. The normalized spacial score (nSPS) is 15.0. The molecule has 2 aromatic heterocycles. The molecular formula is C15H16F2N6O. The highest BCUT2D eigenvalue weighted by atomic mass is 19.3. The molecule has 0 atom stereocenters. The highest BCUT2D eigenvalue weighted by molar-refractivity contribution is 5.92. The van der Waals surface area contributed by atoms with E-state index in [4.69, 9.17) is 0 Å². The van der Waals surface area contributed by atoms with E-state index in [1.807, 2.05) is 6.92 Å². The lowest BCUT2D eigenvalue weighted by atomic mass is 10.2. The number of carbonyl (C=O) groups excluding carboxylic acids is 1. The zero-order chi connectivity index (χ0) is 17.1. The van der Waals surface area contributed by atoms with Crippen molar-refractivity contribution in [3.05, 3.63) is 41.9 Å². The van der Waals surface area contributed by atoms with E-state index in [0.717, 1.165) is 23.9 Å². The molecule has 0 aliphatic carbocycles. The number of carbonyl (C=O) groups is 1. The second-order valence-electron chi connectivity index (χ2n) is 5.37. The van der Waals surface area contributed by atoms with Crippen molar-refractivity contribution in [1.29, 1.82) is 0 Å². The highest BCUT2D eigenvalue weighted by Crippen LogP contribution is 2.19. The Bertz CT molecular complexity index is 733. The van der Waals surface area contributed by atoms with Crippen LogP contribution >= 0.6 is 0 Å². The number of nitrogens with zero attached hydrogens (tertiary/aromatic N) is 6. The minimum Gasteiger partial charge on any atom is -0.352 e. The summed E-state index contributed by atoms with van der Waals surface area (Å²) in [4.78, 5) is 31.9. The Kier molecular flexibility index (Phi) is 4.59. The molecule has 1 saturated heterocycles. The van der Waals surface area contributed by atoms with Gasteiger partial charge in [-0.1, -0.05) is 0 Å². The first-order valence-electron chi connectivity index (χ1n) is 7.48. The Morgan fingerprint density at radius 3 is 2.46 bits per heavy atom. The van der Waals surface area contributed by atoms with Gasteiger partial charge in [0, 0.05) is 38.6 Å². The van der Waals surface area contributed by atoms with Gasteiger partial charge in [-0.05, 0) is 13.0 Å². The van der Waals surface area contributed by atoms with Crippen LogP contribution in [-0.2, 0) is 0 Å². The van der Waals surface area contributed by atoms with Crippen LogP contribution in [0.25, 0.3) is 0 Å². The van der Waals surface area contributed by atoms with Crippen molar-refractivity contribution >= 4 is 11.7 Å². The van der Waals surface area contributed by atoms with Gasteiger partial charge in [-0.3, -0.25) is 9.78 Å². The molecule has 2 aromatic rings. The van der Waals surface area contributed by atoms with Gasteiger partial charge in [-0.2, -0.15) is 0 Å². The molecular weight excluding hydrogens is 318 g/mol. The second-order valence-corrected chi connectivity index (χ2v) is 5.37. The molecule has 9 heteroatoms. The average molecular weight is 334 g/mol. The molecule has 3 heterocycles. The summed E-state index contributed by atoms with van der Waals surface area (Å²) in [7, 11) is 0. The molecule has 0 spiro atoms. The topological polar surface area (TPSA) is 75.1 Å². The summed E-state index contributed by atoms with van der Waals surface area (Å²) in [6.45, 7) is 3.99. The van der Waals surface area contributed by atoms with E-state index in [0.29, 0.717) is 26.2 Å². The SMILES string of the molecule is Cc1nccnc1N1CCN(C(=O)c2cc(C(F)F)ncn2)CC1. The number of anilines is 1. The van der Waals surface area contributed by atoms with E-state index in [1.165, 1.54) is 0 Å².